The van der Waals surface area contributed by atoms with Crippen molar-refractivity contribution in [1.82, 2.24) is 9.80 Å². The molecule has 130 valence electrons. The molecule has 4 heteroatoms. The van der Waals surface area contributed by atoms with Gasteiger partial charge in [0, 0.05) is 44.9 Å². The van der Waals surface area contributed by atoms with Crippen molar-refractivity contribution in [2.45, 2.75) is 51.4 Å². The highest BCUT2D eigenvalue weighted by Gasteiger charge is 2.25. The zero-order valence-electron chi connectivity index (χ0n) is 14.8. The molecule has 0 radical (unpaired) electrons. The van der Waals surface area contributed by atoms with Crippen LogP contribution in [0, 0.1) is 0 Å². The molecular formula is C19H32N2O2. The smallest absolute Gasteiger partial charge is 0.0794 e. The number of ether oxygens (including phenoxy) is 1. The Morgan fingerprint density at radius 1 is 1.13 bits per heavy atom. The third-order valence-corrected chi connectivity index (χ3v) is 4.56. The Labute approximate surface area is 141 Å². The van der Waals surface area contributed by atoms with E-state index in [0.717, 1.165) is 39.1 Å². The number of hydrogen-bond acceptors (Lipinski definition) is 4. The quantitative estimate of drug-likeness (QED) is 0.798. The first-order chi connectivity index (χ1) is 11.1. The summed E-state index contributed by atoms with van der Waals surface area (Å²) >= 11 is 0. The van der Waals surface area contributed by atoms with Crippen LogP contribution in [0.25, 0.3) is 0 Å². The van der Waals surface area contributed by atoms with Gasteiger partial charge in [0.1, 0.15) is 0 Å². The first-order valence-electron chi connectivity index (χ1n) is 8.80. The van der Waals surface area contributed by atoms with Gasteiger partial charge in [0.15, 0.2) is 0 Å². The van der Waals surface area contributed by atoms with E-state index in [9.17, 15) is 5.11 Å². The summed E-state index contributed by atoms with van der Waals surface area (Å²) in [7, 11) is 2.07. The van der Waals surface area contributed by atoms with Crippen LogP contribution in [0.3, 0.4) is 0 Å². The number of aliphatic hydroxyl groups excluding tert-OH is 1. The van der Waals surface area contributed by atoms with E-state index in [1.54, 1.807) is 0 Å². The topological polar surface area (TPSA) is 35.9 Å². The van der Waals surface area contributed by atoms with Crippen LogP contribution in [0.5, 0.6) is 0 Å². The molecule has 2 rings (SSSR count). The highest BCUT2D eigenvalue weighted by atomic mass is 16.5. The van der Waals surface area contributed by atoms with Crippen molar-refractivity contribution in [2.24, 2.45) is 0 Å². The predicted molar refractivity (Wildman–Crippen MR) is 94.5 cm³/mol. The van der Waals surface area contributed by atoms with Crippen LogP contribution in [0.4, 0.5) is 0 Å². The van der Waals surface area contributed by atoms with Gasteiger partial charge < -0.3 is 9.84 Å². The number of benzene rings is 1. The Morgan fingerprint density at radius 3 is 2.39 bits per heavy atom. The molecule has 1 aromatic carbocycles. The van der Waals surface area contributed by atoms with E-state index in [1.807, 2.05) is 6.07 Å². The highest BCUT2D eigenvalue weighted by molar-refractivity contribution is 5.14. The lowest BCUT2D eigenvalue weighted by molar-refractivity contribution is -0.00440. The normalized spacial score (nSPS) is 18.0. The number of aliphatic hydroxyl groups is 1. The largest absolute Gasteiger partial charge is 0.390 e. The van der Waals surface area contributed by atoms with Crippen LogP contribution in [0.15, 0.2) is 30.3 Å². The van der Waals surface area contributed by atoms with E-state index in [2.05, 4.69) is 55.0 Å². The second-order valence-corrected chi connectivity index (χ2v) is 6.97. The molecule has 0 saturated carbocycles. The van der Waals surface area contributed by atoms with Crippen molar-refractivity contribution < 1.29 is 9.84 Å². The van der Waals surface area contributed by atoms with Crippen LogP contribution < -0.4 is 0 Å². The molecular weight excluding hydrogens is 288 g/mol. The lowest BCUT2D eigenvalue weighted by atomic mass is 10.0. The maximum absolute atomic E-state index is 10.5. The molecule has 1 heterocycles. The van der Waals surface area contributed by atoms with Crippen molar-refractivity contribution in [3.05, 3.63) is 35.9 Å². The number of rotatable bonds is 8. The number of hydrogen-bond donors (Lipinski definition) is 1. The van der Waals surface area contributed by atoms with Gasteiger partial charge >= 0.3 is 0 Å². The van der Waals surface area contributed by atoms with Gasteiger partial charge in [-0.2, -0.15) is 0 Å². The van der Waals surface area contributed by atoms with Gasteiger partial charge in [0.05, 0.1) is 6.10 Å². The summed E-state index contributed by atoms with van der Waals surface area (Å²) in [6.45, 7) is 8.43. The van der Waals surface area contributed by atoms with Gasteiger partial charge in [-0.1, -0.05) is 30.3 Å². The van der Waals surface area contributed by atoms with Gasteiger partial charge in [-0.15, -0.1) is 0 Å². The molecule has 1 aliphatic heterocycles. The Kier molecular flexibility index (Phi) is 7.50. The van der Waals surface area contributed by atoms with E-state index >= 15 is 0 Å². The summed E-state index contributed by atoms with van der Waals surface area (Å²) in [5.41, 5.74) is 1.28. The minimum absolute atomic E-state index is 0.325. The van der Waals surface area contributed by atoms with E-state index in [1.165, 1.54) is 5.56 Å². The summed E-state index contributed by atoms with van der Waals surface area (Å²) in [6, 6.07) is 11.4. The predicted octanol–water partition coefficient (Wildman–Crippen LogP) is 2.37. The van der Waals surface area contributed by atoms with Gasteiger partial charge in [0.2, 0.25) is 0 Å². The minimum Gasteiger partial charge on any atom is -0.390 e. The first-order valence-corrected chi connectivity index (χ1v) is 8.80. The van der Waals surface area contributed by atoms with Gasteiger partial charge in [-0.25, -0.2) is 0 Å². The average Bonchev–Trinajstić information content (AvgIpc) is 2.54. The second kappa shape index (κ2) is 9.38. The standard InChI is InChI=1S/C19H32N2O2/c1-16(2)21(18-9-11-23-12-10-18)15-19(22)14-20(3)13-17-7-5-4-6-8-17/h4-8,16,18-19,22H,9-15H2,1-3H3. The Hall–Kier alpha value is -0.940. The maximum Gasteiger partial charge on any atom is 0.0794 e. The molecule has 0 spiro atoms. The second-order valence-electron chi connectivity index (χ2n) is 6.97. The molecule has 1 atom stereocenters. The van der Waals surface area contributed by atoms with Crippen LogP contribution in [0.2, 0.25) is 0 Å². The zero-order chi connectivity index (χ0) is 16.7. The van der Waals surface area contributed by atoms with Crippen molar-refractivity contribution in [2.75, 3.05) is 33.4 Å². The SMILES string of the molecule is CC(C)N(CC(O)CN(C)Cc1ccccc1)C1CCOCC1. The number of likely N-dealkylation sites (N-methyl/N-ethyl adjacent to an activating group) is 1. The van der Waals surface area contributed by atoms with Crippen LogP contribution in [0.1, 0.15) is 32.3 Å². The molecule has 23 heavy (non-hydrogen) atoms. The summed E-state index contributed by atoms with van der Waals surface area (Å²) in [5, 5.41) is 10.5. The summed E-state index contributed by atoms with van der Waals surface area (Å²) in [5.74, 6) is 0. The third kappa shape index (κ3) is 6.22. The van der Waals surface area contributed by atoms with E-state index in [4.69, 9.17) is 4.74 Å². The van der Waals surface area contributed by atoms with Crippen molar-refractivity contribution in [1.29, 1.82) is 0 Å². The Balaban J connectivity index is 1.82. The van der Waals surface area contributed by atoms with Crippen molar-refractivity contribution in [3.8, 4) is 0 Å². The van der Waals surface area contributed by atoms with Gasteiger partial charge in [0.25, 0.3) is 0 Å². The molecule has 0 bridgehead atoms. The zero-order valence-corrected chi connectivity index (χ0v) is 14.8. The fourth-order valence-corrected chi connectivity index (χ4v) is 3.42. The first kappa shape index (κ1) is 18.4. The van der Waals surface area contributed by atoms with Crippen LogP contribution in [-0.4, -0.2) is 66.4 Å². The minimum atomic E-state index is -0.325. The molecule has 1 fully saturated rings. The molecule has 4 nitrogen and oxygen atoms in total. The molecule has 1 saturated heterocycles. The molecule has 1 aliphatic rings. The Morgan fingerprint density at radius 2 is 1.78 bits per heavy atom. The molecule has 1 aromatic rings. The number of nitrogens with zero attached hydrogens (tertiary/aromatic N) is 2. The lowest BCUT2D eigenvalue weighted by Crippen LogP contribution is -2.48. The van der Waals surface area contributed by atoms with Crippen molar-refractivity contribution in [3.63, 3.8) is 0 Å². The molecule has 0 amide bonds. The highest BCUT2D eigenvalue weighted by Crippen LogP contribution is 2.18. The summed E-state index contributed by atoms with van der Waals surface area (Å²) < 4.78 is 5.47. The molecule has 1 N–H and O–H groups in total. The summed E-state index contributed by atoms with van der Waals surface area (Å²) in [4.78, 5) is 4.64. The van der Waals surface area contributed by atoms with Gasteiger partial charge in [-0.05, 0) is 39.3 Å². The lowest BCUT2D eigenvalue weighted by Gasteiger charge is -2.38. The van der Waals surface area contributed by atoms with Crippen LogP contribution >= 0.6 is 0 Å². The Bertz CT molecular complexity index is 432. The molecule has 0 aromatic heterocycles. The fraction of sp³-hybridized carbons (Fsp3) is 0.684. The van der Waals surface area contributed by atoms with E-state index < -0.39 is 0 Å². The molecule has 1 unspecified atom stereocenters. The van der Waals surface area contributed by atoms with Gasteiger partial charge in [-0.3, -0.25) is 9.80 Å². The fourth-order valence-electron chi connectivity index (χ4n) is 3.42. The van der Waals surface area contributed by atoms with E-state index in [0.29, 0.717) is 18.6 Å². The monoisotopic (exact) mass is 320 g/mol. The van der Waals surface area contributed by atoms with E-state index in [-0.39, 0.29) is 6.10 Å². The maximum atomic E-state index is 10.5. The average molecular weight is 320 g/mol. The third-order valence-electron chi connectivity index (χ3n) is 4.56. The summed E-state index contributed by atoms with van der Waals surface area (Å²) in [6.07, 6.45) is 1.82. The molecule has 0 aliphatic carbocycles. The van der Waals surface area contributed by atoms with Crippen molar-refractivity contribution >= 4 is 0 Å². The van der Waals surface area contributed by atoms with Crippen LogP contribution in [-0.2, 0) is 11.3 Å².